The first-order valence-corrected chi connectivity index (χ1v) is 6.86. The van der Waals surface area contributed by atoms with Crippen molar-refractivity contribution in [3.63, 3.8) is 0 Å². The lowest BCUT2D eigenvalue weighted by atomic mass is 9.98. The van der Waals surface area contributed by atoms with E-state index in [-0.39, 0.29) is 6.04 Å². The Morgan fingerprint density at radius 1 is 1.05 bits per heavy atom. The number of nitrogens with one attached hydrogen (secondary N) is 1. The van der Waals surface area contributed by atoms with Gasteiger partial charge in [-0.05, 0) is 37.3 Å². The number of hydrazine groups is 1. The fraction of sp³-hybridized carbons (Fsp3) is 0.294. The topological polar surface area (TPSA) is 38.0 Å². The van der Waals surface area contributed by atoms with E-state index in [2.05, 4.69) is 66.9 Å². The fourth-order valence-electron chi connectivity index (χ4n) is 2.39. The molecule has 0 saturated carbocycles. The first kappa shape index (κ1) is 13.8. The van der Waals surface area contributed by atoms with Gasteiger partial charge in [-0.1, -0.05) is 60.2 Å². The fourth-order valence-corrected chi connectivity index (χ4v) is 2.39. The normalized spacial score (nSPS) is 12.3. The van der Waals surface area contributed by atoms with Crippen molar-refractivity contribution in [1.29, 1.82) is 0 Å². The van der Waals surface area contributed by atoms with Gasteiger partial charge in [-0.2, -0.15) is 0 Å². The molecule has 0 saturated heterocycles. The molecule has 0 aliphatic rings. The van der Waals surface area contributed by atoms with Crippen molar-refractivity contribution >= 4 is 0 Å². The summed E-state index contributed by atoms with van der Waals surface area (Å²) in [6, 6.07) is 19.4. The number of hydrogen-bond acceptors (Lipinski definition) is 2. The van der Waals surface area contributed by atoms with Gasteiger partial charge in [-0.3, -0.25) is 11.3 Å². The van der Waals surface area contributed by atoms with Crippen LogP contribution >= 0.6 is 0 Å². The molecule has 19 heavy (non-hydrogen) atoms. The second kappa shape index (κ2) is 7.07. The van der Waals surface area contributed by atoms with Crippen molar-refractivity contribution in [2.45, 2.75) is 32.2 Å². The van der Waals surface area contributed by atoms with Crippen LogP contribution in [0, 0.1) is 6.92 Å². The van der Waals surface area contributed by atoms with Crippen LogP contribution in [-0.2, 0) is 6.42 Å². The second-order valence-electron chi connectivity index (χ2n) is 5.01. The smallest absolute Gasteiger partial charge is 0.0460 e. The van der Waals surface area contributed by atoms with Crippen molar-refractivity contribution in [2.24, 2.45) is 5.84 Å². The molecule has 2 aromatic carbocycles. The molecule has 0 aliphatic heterocycles. The zero-order chi connectivity index (χ0) is 13.5. The Hall–Kier alpha value is -1.64. The molecule has 2 aromatic rings. The third-order valence-electron chi connectivity index (χ3n) is 3.45. The van der Waals surface area contributed by atoms with E-state index in [4.69, 9.17) is 5.84 Å². The Kier molecular flexibility index (Phi) is 5.13. The molecule has 0 aliphatic carbocycles. The minimum Gasteiger partial charge on any atom is -0.271 e. The van der Waals surface area contributed by atoms with E-state index in [0.29, 0.717) is 0 Å². The van der Waals surface area contributed by atoms with Crippen LogP contribution in [0.4, 0.5) is 0 Å². The lowest BCUT2D eigenvalue weighted by Crippen LogP contribution is -2.28. The summed E-state index contributed by atoms with van der Waals surface area (Å²) in [5.41, 5.74) is 6.88. The number of benzene rings is 2. The quantitative estimate of drug-likeness (QED) is 0.611. The highest BCUT2D eigenvalue weighted by molar-refractivity contribution is 5.25. The van der Waals surface area contributed by atoms with Gasteiger partial charge in [0.15, 0.2) is 0 Å². The maximum absolute atomic E-state index is 5.68. The van der Waals surface area contributed by atoms with Gasteiger partial charge in [0.05, 0.1) is 0 Å². The zero-order valence-electron chi connectivity index (χ0n) is 11.5. The summed E-state index contributed by atoms with van der Waals surface area (Å²) in [6.45, 7) is 2.11. The summed E-state index contributed by atoms with van der Waals surface area (Å²) in [5.74, 6) is 5.68. The highest BCUT2D eigenvalue weighted by Crippen LogP contribution is 2.19. The molecule has 2 heteroatoms. The molecule has 2 nitrogen and oxygen atoms in total. The van der Waals surface area contributed by atoms with Crippen molar-refractivity contribution < 1.29 is 0 Å². The highest BCUT2D eigenvalue weighted by Gasteiger charge is 2.09. The minimum absolute atomic E-state index is 0.239. The van der Waals surface area contributed by atoms with Crippen molar-refractivity contribution in [2.75, 3.05) is 0 Å². The Labute approximate surface area is 115 Å². The molecular formula is C17H22N2. The maximum Gasteiger partial charge on any atom is 0.0460 e. The molecule has 100 valence electrons. The molecule has 0 heterocycles. The summed E-state index contributed by atoms with van der Waals surface area (Å²) in [6.07, 6.45) is 3.28. The van der Waals surface area contributed by atoms with Crippen LogP contribution in [0.3, 0.4) is 0 Å². The van der Waals surface area contributed by atoms with E-state index < -0.39 is 0 Å². The molecule has 3 N–H and O–H groups in total. The Morgan fingerprint density at radius 2 is 1.84 bits per heavy atom. The van der Waals surface area contributed by atoms with Crippen LogP contribution in [0.1, 0.15) is 35.6 Å². The van der Waals surface area contributed by atoms with Gasteiger partial charge in [-0.25, -0.2) is 0 Å². The monoisotopic (exact) mass is 254 g/mol. The summed E-state index contributed by atoms with van der Waals surface area (Å²) >= 11 is 0. The maximum atomic E-state index is 5.68. The van der Waals surface area contributed by atoms with E-state index in [9.17, 15) is 0 Å². The summed E-state index contributed by atoms with van der Waals surface area (Å²) in [5, 5.41) is 0. The lowest BCUT2D eigenvalue weighted by molar-refractivity contribution is 0.498. The Morgan fingerprint density at radius 3 is 2.53 bits per heavy atom. The van der Waals surface area contributed by atoms with E-state index >= 15 is 0 Å². The van der Waals surface area contributed by atoms with E-state index in [1.165, 1.54) is 16.7 Å². The van der Waals surface area contributed by atoms with Crippen LogP contribution in [0.5, 0.6) is 0 Å². The molecule has 1 atom stereocenters. The van der Waals surface area contributed by atoms with Gasteiger partial charge >= 0.3 is 0 Å². The van der Waals surface area contributed by atoms with Crippen LogP contribution in [0.15, 0.2) is 54.6 Å². The molecule has 2 rings (SSSR count). The third kappa shape index (κ3) is 4.19. The summed E-state index contributed by atoms with van der Waals surface area (Å²) < 4.78 is 0. The molecule has 1 unspecified atom stereocenters. The van der Waals surface area contributed by atoms with Crippen molar-refractivity contribution in [3.8, 4) is 0 Å². The minimum atomic E-state index is 0.239. The predicted octanol–water partition coefficient (Wildman–Crippen LogP) is 3.52. The van der Waals surface area contributed by atoms with Crippen LogP contribution < -0.4 is 11.3 Å². The lowest BCUT2D eigenvalue weighted by Gasteiger charge is -2.16. The van der Waals surface area contributed by atoms with Crippen LogP contribution in [-0.4, -0.2) is 0 Å². The predicted molar refractivity (Wildman–Crippen MR) is 80.6 cm³/mol. The van der Waals surface area contributed by atoms with Crippen LogP contribution in [0.2, 0.25) is 0 Å². The number of hydrogen-bond donors (Lipinski definition) is 2. The zero-order valence-corrected chi connectivity index (χ0v) is 11.5. The molecule has 0 radical (unpaired) electrons. The van der Waals surface area contributed by atoms with E-state index in [1.807, 2.05) is 0 Å². The average Bonchev–Trinajstić information content (AvgIpc) is 2.45. The Balaban J connectivity index is 1.89. The molecule has 0 aromatic heterocycles. The first-order chi connectivity index (χ1) is 9.29. The summed E-state index contributed by atoms with van der Waals surface area (Å²) in [4.78, 5) is 0. The van der Waals surface area contributed by atoms with E-state index in [0.717, 1.165) is 19.3 Å². The largest absolute Gasteiger partial charge is 0.271 e. The third-order valence-corrected chi connectivity index (χ3v) is 3.45. The molecular weight excluding hydrogens is 232 g/mol. The number of rotatable bonds is 6. The number of nitrogens with two attached hydrogens (primary N) is 1. The molecule has 0 bridgehead atoms. The van der Waals surface area contributed by atoms with Gasteiger partial charge in [0.1, 0.15) is 0 Å². The van der Waals surface area contributed by atoms with Crippen molar-refractivity contribution in [1.82, 2.24) is 5.43 Å². The van der Waals surface area contributed by atoms with Gasteiger partial charge < -0.3 is 0 Å². The molecule has 0 amide bonds. The summed E-state index contributed by atoms with van der Waals surface area (Å²) in [7, 11) is 0. The van der Waals surface area contributed by atoms with Gasteiger partial charge in [0.2, 0.25) is 0 Å². The van der Waals surface area contributed by atoms with Gasteiger partial charge in [-0.15, -0.1) is 0 Å². The average molecular weight is 254 g/mol. The molecule has 0 spiro atoms. The first-order valence-electron chi connectivity index (χ1n) is 6.86. The SMILES string of the molecule is Cc1cccc(C(CCCc2ccccc2)NN)c1. The second-order valence-corrected chi connectivity index (χ2v) is 5.01. The van der Waals surface area contributed by atoms with Crippen molar-refractivity contribution in [3.05, 3.63) is 71.3 Å². The Bertz CT molecular complexity index is 494. The van der Waals surface area contributed by atoms with Crippen LogP contribution in [0.25, 0.3) is 0 Å². The van der Waals surface area contributed by atoms with E-state index in [1.54, 1.807) is 0 Å². The highest BCUT2D eigenvalue weighted by atomic mass is 15.2. The molecule has 0 fully saturated rings. The number of aryl methyl sites for hydroxylation is 2. The van der Waals surface area contributed by atoms with Gasteiger partial charge in [0.25, 0.3) is 0 Å². The standard InChI is InChI=1S/C17H22N2/c1-14-7-5-11-16(13-14)17(19-18)12-6-10-15-8-3-2-4-9-15/h2-5,7-9,11,13,17,19H,6,10,12,18H2,1H3. The van der Waals surface area contributed by atoms with Gasteiger partial charge in [0, 0.05) is 6.04 Å².